The Kier molecular flexibility index (Phi) is 8.27. The molecule has 0 radical (unpaired) electrons. The van der Waals surface area contributed by atoms with Crippen LogP contribution in [0, 0.1) is 0 Å². The maximum Gasteiger partial charge on any atom is 0.321 e. The van der Waals surface area contributed by atoms with Crippen LogP contribution in [0.25, 0.3) is 10.8 Å². The number of hydrogen-bond donors (Lipinski definition) is 2. The third kappa shape index (κ3) is 6.04. The van der Waals surface area contributed by atoms with Gasteiger partial charge in [-0.2, -0.15) is 0 Å². The summed E-state index contributed by atoms with van der Waals surface area (Å²) < 4.78 is 0. The maximum absolute atomic E-state index is 14.6. The van der Waals surface area contributed by atoms with Gasteiger partial charge in [0.15, 0.2) is 5.96 Å². The highest BCUT2D eigenvalue weighted by Gasteiger charge is 2.48. The van der Waals surface area contributed by atoms with Crippen molar-refractivity contribution in [3.05, 3.63) is 120 Å². The van der Waals surface area contributed by atoms with Crippen LogP contribution in [0.3, 0.4) is 0 Å². The number of carbonyl (C=O) groups excluding carboxylic acids is 2. The van der Waals surface area contributed by atoms with Gasteiger partial charge in [-0.15, -0.1) is 0 Å². The first-order chi connectivity index (χ1) is 21.0. The lowest BCUT2D eigenvalue weighted by atomic mass is 9.96. The lowest BCUT2D eigenvalue weighted by Crippen LogP contribution is -2.50. The Balaban J connectivity index is 1.30. The summed E-state index contributed by atoms with van der Waals surface area (Å²) in [7, 11) is 0. The standard InChI is InChI=1S/C35H38N6O2/c36-34(37)38-20-9-16-31-33(42)40(32(27-11-3-1-4-12-27)28-13-5-2-6-14-28)21-19-30-24-39(35(43)41(30)31)23-25-17-18-26-10-7-8-15-29(26)22-25/h1-8,10-15,17-18,22,30-32H,9,16,19-21,23-24H2,(H4,36,37,38)/t30-,31-/m1/s1. The van der Waals surface area contributed by atoms with Crippen molar-refractivity contribution in [2.45, 2.75) is 43.9 Å². The van der Waals surface area contributed by atoms with Crippen LogP contribution in [0.5, 0.6) is 0 Å². The van der Waals surface area contributed by atoms with Crippen LogP contribution in [-0.2, 0) is 11.3 Å². The molecule has 3 amide bonds. The van der Waals surface area contributed by atoms with Crippen LogP contribution in [0.4, 0.5) is 4.79 Å². The number of amides is 3. The SMILES string of the molecule is NC(N)=NCCC[C@@H]1C(=O)N(C(c2ccccc2)c2ccccc2)CC[C@@H]2CN(Cc3ccc4ccccc4c3)C(=O)N21. The van der Waals surface area contributed by atoms with Crippen molar-refractivity contribution < 1.29 is 9.59 Å². The molecule has 8 heteroatoms. The first-order valence-corrected chi connectivity index (χ1v) is 15.0. The molecule has 220 valence electrons. The molecule has 0 bridgehead atoms. The average molecular weight is 575 g/mol. The number of rotatable bonds is 9. The molecule has 0 aromatic heterocycles. The molecule has 0 unspecified atom stereocenters. The van der Waals surface area contributed by atoms with Crippen molar-refractivity contribution in [2.75, 3.05) is 19.6 Å². The Bertz CT molecular complexity index is 1570. The summed E-state index contributed by atoms with van der Waals surface area (Å²) in [6.45, 7) is 2.04. The lowest BCUT2D eigenvalue weighted by Gasteiger charge is -2.35. The fraction of sp³-hybridized carbons (Fsp3) is 0.286. The van der Waals surface area contributed by atoms with E-state index in [1.165, 1.54) is 5.39 Å². The molecule has 43 heavy (non-hydrogen) atoms. The Morgan fingerprint density at radius 2 is 1.49 bits per heavy atom. The van der Waals surface area contributed by atoms with E-state index in [9.17, 15) is 9.59 Å². The number of nitrogens with two attached hydrogens (primary N) is 2. The molecule has 2 aliphatic rings. The maximum atomic E-state index is 14.6. The van der Waals surface area contributed by atoms with Gasteiger partial charge >= 0.3 is 6.03 Å². The second-order valence-electron chi connectivity index (χ2n) is 11.4. The molecular weight excluding hydrogens is 536 g/mol. The summed E-state index contributed by atoms with van der Waals surface area (Å²) in [5.41, 5.74) is 14.3. The van der Waals surface area contributed by atoms with Crippen molar-refractivity contribution >= 4 is 28.7 Å². The van der Waals surface area contributed by atoms with E-state index >= 15 is 0 Å². The summed E-state index contributed by atoms with van der Waals surface area (Å²) in [5, 5.41) is 2.32. The van der Waals surface area contributed by atoms with Gasteiger partial charge < -0.3 is 26.2 Å². The predicted molar refractivity (Wildman–Crippen MR) is 170 cm³/mol. The quantitative estimate of drug-likeness (QED) is 0.169. The molecule has 2 atom stereocenters. The summed E-state index contributed by atoms with van der Waals surface area (Å²) in [5.74, 6) is -0.00969. The largest absolute Gasteiger partial charge is 0.370 e. The smallest absolute Gasteiger partial charge is 0.321 e. The van der Waals surface area contributed by atoms with E-state index in [-0.39, 0.29) is 30.0 Å². The molecule has 2 aliphatic heterocycles. The molecule has 0 saturated carbocycles. The summed E-state index contributed by atoms with van der Waals surface area (Å²) >= 11 is 0. The predicted octanol–water partition coefficient (Wildman–Crippen LogP) is 4.89. The van der Waals surface area contributed by atoms with E-state index in [0.29, 0.717) is 45.4 Å². The number of fused-ring (bicyclic) bond motifs is 2. The van der Waals surface area contributed by atoms with Crippen molar-refractivity contribution in [3.8, 4) is 0 Å². The average Bonchev–Trinajstić information content (AvgIpc) is 3.26. The zero-order valence-corrected chi connectivity index (χ0v) is 24.3. The zero-order chi connectivity index (χ0) is 29.8. The Morgan fingerprint density at radius 3 is 2.16 bits per heavy atom. The fourth-order valence-electron chi connectivity index (χ4n) is 6.59. The minimum absolute atomic E-state index is 0.0266. The Hall–Kier alpha value is -4.85. The summed E-state index contributed by atoms with van der Waals surface area (Å²) in [4.78, 5) is 38.5. The van der Waals surface area contributed by atoms with Gasteiger partial charge in [-0.25, -0.2) is 4.79 Å². The molecule has 2 fully saturated rings. The van der Waals surface area contributed by atoms with E-state index in [0.717, 1.165) is 22.1 Å². The molecule has 2 heterocycles. The third-order valence-electron chi connectivity index (χ3n) is 8.58. The number of aliphatic imine (C=N–C) groups is 1. The van der Waals surface area contributed by atoms with E-state index in [1.54, 1.807) is 0 Å². The van der Waals surface area contributed by atoms with Gasteiger partial charge in [0.2, 0.25) is 5.91 Å². The van der Waals surface area contributed by atoms with Gasteiger partial charge in [0.25, 0.3) is 0 Å². The minimum Gasteiger partial charge on any atom is -0.370 e. The molecule has 4 aromatic rings. The highest BCUT2D eigenvalue weighted by Crippen LogP contribution is 2.36. The van der Waals surface area contributed by atoms with Crippen LogP contribution in [0.2, 0.25) is 0 Å². The molecule has 6 rings (SSSR count). The van der Waals surface area contributed by atoms with Crippen LogP contribution >= 0.6 is 0 Å². The second-order valence-corrected chi connectivity index (χ2v) is 11.4. The van der Waals surface area contributed by atoms with Crippen LogP contribution in [0.1, 0.15) is 42.0 Å². The van der Waals surface area contributed by atoms with Gasteiger partial charge in [0.1, 0.15) is 6.04 Å². The van der Waals surface area contributed by atoms with E-state index in [1.807, 2.05) is 63.2 Å². The van der Waals surface area contributed by atoms with Gasteiger partial charge in [0.05, 0.1) is 12.1 Å². The monoisotopic (exact) mass is 574 g/mol. The highest BCUT2D eigenvalue weighted by molar-refractivity contribution is 5.90. The number of carbonyl (C=O) groups is 2. The van der Waals surface area contributed by atoms with Crippen molar-refractivity contribution in [3.63, 3.8) is 0 Å². The van der Waals surface area contributed by atoms with E-state index in [4.69, 9.17) is 11.5 Å². The molecular formula is C35H38N6O2. The van der Waals surface area contributed by atoms with E-state index in [2.05, 4.69) is 59.6 Å². The first kappa shape index (κ1) is 28.3. The van der Waals surface area contributed by atoms with E-state index < -0.39 is 6.04 Å². The second kappa shape index (κ2) is 12.6. The zero-order valence-electron chi connectivity index (χ0n) is 24.3. The van der Waals surface area contributed by atoms with Crippen LogP contribution in [-0.4, -0.2) is 64.3 Å². The van der Waals surface area contributed by atoms with Crippen molar-refractivity contribution in [1.82, 2.24) is 14.7 Å². The van der Waals surface area contributed by atoms with Gasteiger partial charge in [-0.1, -0.05) is 97.1 Å². The normalized spacial score (nSPS) is 18.7. The van der Waals surface area contributed by atoms with Gasteiger partial charge in [-0.3, -0.25) is 9.79 Å². The molecule has 4 aromatic carbocycles. The number of hydrogen-bond acceptors (Lipinski definition) is 3. The Labute approximate surface area is 252 Å². The van der Waals surface area contributed by atoms with Crippen molar-refractivity contribution in [2.24, 2.45) is 16.5 Å². The lowest BCUT2D eigenvalue weighted by molar-refractivity contribution is -0.136. The summed E-state index contributed by atoms with van der Waals surface area (Å²) in [6, 6.07) is 33.8. The number of nitrogens with zero attached hydrogens (tertiary/aromatic N) is 4. The molecule has 8 nitrogen and oxygen atoms in total. The molecule has 0 aliphatic carbocycles. The van der Waals surface area contributed by atoms with Crippen molar-refractivity contribution in [1.29, 1.82) is 0 Å². The highest BCUT2D eigenvalue weighted by atomic mass is 16.2. The first-order valence-electron chi connectivity index (χ1n) is 15.0. The molecule has 4 N–H and O–H groups in total. The Morgan fingerprint density at radius 1 is 0.837 bits per heavy atom. The van der Waals surface area contributed by atoms with Gasteiger partial charge in [-0.05, 0) is 52.8 Å². The minimum atomic E-state index is -0.606. The molecule has 2 saturated heterocycles. The molecule has 0 spiro atoms. The van der Waals surface area contributed by atoms with Gasteiger partial charge in [0, 0.05) is 26.2 Å². The van der Waals surface area contributed by atoms with Crippen LogP contribution in [0.15, 0.2) is 108 Å². The number of benzene rings is 4. The number of guanidine groups is 1. The summed E-state index contributed by atoms with van der Waals surface area (Å²) in [6.07, 6.45) is 1.77. The topological polar surface area (TPSA) is 108 Å². The van der Waals surface area contributed by atoms with Crippen LogP contribution < -0.4 is 11.5 Å². The third-order valence-corrected chi connectivity index (χ3v) is 8.58. The fourth-order valence-corrected chi connectivity index (χ4v) is 6.59. The number of urea groups is 1.